The molecule has 0 saturated carbocycles. The molecule has 0 aliphatic carbocycles. The maximum absolute atomic E-state index is 5.80. The van der Waals surface area contributed by atoms with Gasteiger partial charge in [0, 0.05) is 7.11 Å². The lowest BCUT2D eigenvalue weighted by Gasteiger charge is -2.27. The predicted molar refractivity (Wildman–Crippen MR) is 50.4 cm³/mol. The summed E-state index contributed by atoms with van der Waals surface area (Å²) in [5.74, 6) is 0. The van der Waals surface area contributed by atoms with Gasteiger partial charge >= 0.3 is 0 Å². The highest BCUT2D eigenvalue weighted by Crippen LogP contribution is 2.10. The average molecular weight is 176 g/mol. The largest absolute Gasteiger partial charge is 0.412 e. The van der Waals surface area contributed by atoms with Crippen LogP contribution in [0.4, 0.5) is 0 Å². The molecule has 0 radical (unpaired) electrons. The van der Waals surface area contributed by atoms with Crippen LogP contribution in [-0.2, 0) is 9.16 Å². The summed E-state index contributed by atoms with van der Waals surface area (Å²) in [7, 11) is 0.338. The summed E-state index contributed by atoms with van der Waals surface area (Å²) < 4.78 is 11.0. The van der Waals surface area contributed by atoms with Crippen molar-refractivity contribution in [2.24, 2.45) is 0 Å². The molecule has 0 aromatic rings. The lowest BCUT2D eigenvalue weighted by atomic mass is 10.3. The van der Waals surface area contributed by atoms with Gasteiger partial charge in [-0.25, -0.2) is 0 Å². The third kappa shape index (κ3) is 5.41. The number of ether oxygens (including phenoxy) is 1. The molecule has 0 bridgehead atoms. The Hall–Kier alpha value is 0.137. The Bertz CT molecular complexity index is 109. The minimum Gasteiger partial charge on any atom is -0.412 e. The lowest BCUT2D eigenvalue weighted by molar-refractivity contribution is 0.0194. The first-order valence-corrected chi connectivity index (χ1v) is 7.48. The minimum atomic E-state index is -1.38. The molecule has 11 heavy (non-hydrogen) atoms. The van der Waals surface area contributed by atoms with Gasteiger partial charge in [0.05, 0.1) is 12.2 Å². The first-order valence-electron chi connectivity index (χ1n) is 4.07. The van der Waals surface area contributed by atoms with Gasteiger partial charge in [-0.3, -0.25) is 0 Å². The zero-order chi connectivity index (χ0) is 9.07. The van der Waals surface area contributed by atoms with Crippen LogP contribution in [0, 0.1) is 0 Å². The normalized spacial score (nSPS) is 18.0. The summed E-state index contributed by atoms with van der Waals surface area (Å²) in [6.45, 7) is 10.7. The van der Waals surface area contributed by atoms with Crippen molar-refractivity contribution in [3.8, 4) is 0 Å². The second kappa shape index (κ2) is 4.23. The minimum absolute atomic E-state index is 0.196. The number of rotatable bonds is 4. The molecule has 0 spiro atoms. The van der Waals surface area contributed by atoms with Crippen molar-refractivity contribution in [2.75, 3.05) is 7.11 Å². The van der Waals surface area contributed by atoms with E-state index < -0.39 is 8.32 Å². The van der Waals surface area contributed by atoms with Crippen LogP contribution in [0.1, 0.15) is 13.8 Å². The maximum atomic E-state index is 5.80. The molecule has 68 valence electrons. The number of hydrogen-bond donors (Lipinski definition) is 0. The molecule has 0 heterocycles. The van der Waals surface area contributed by atoms with Crippen LogP contribution in [0.25, 0.3) is 0 Å². The van der Waals surface area contributed by atoms with Crippen molar-refractivity contribution in [3.05, 3.63) is 0 Å². The SMILES string of the molecule is CO[C@H](C)[C@H](C)O[Si](C)(C)C. The molecule has 0 amide bonds. The summed E-state index contributed by atoms with van der Waals surface area (Å²) >= 11 is 0. The third-order valence-electron chi connectivity index (χ3n) is 1.57. The van der Waals surface area contributed by atoms with Crippen molar-refractivity contribution in [2.45, 2.75) is 45.7 Å². The Morgan fingerprint density at radius 1 is 1.00 bits per heavy atom. The molecule has 2 atom stereocenters. The van der Waals surface area contributed by atoms with E-state index in [4.69, 9.17) is 9.16 Å². The topological polar surface area (TPSA) is 18.5 Å². The maximum Gasteiger partial charge on any atom is 0.184 e. The fourth-order valence-corrected chi connectivity index (χ4v) is 2.15. The number of hydrogen-bond acceptors (Lipinski definition) is 2. The monoisotopic (exact) mass is 176 g/mol. The second-order valence-electron chi connectivity index (χ2n) is 3.88. The first kappa shape index (κ1) is 11.1. The van der Waals surface area contributed by atoms with Crippen molar-refractivity contribution >= 4 is 8.32 Å². The van der Waals surface area contributed by atoms with Gasteiger partial charge in [0.15, 0.2) is 8.32 Å². The molecule has 0 saturated heterocycles. The molecular formula is C8H20O2Si. The van der Waals surface area contributed by atoms with Crippen LogP contribution in [0.3, 0.4) is 0 Å². The van der Waals surface area contributed by atoms with Crippen molar-refractivity contribution < 1.29 is 9.16 Å². The van der Waals surface area contributed by atoms with Gasteiger partial charge in [0.1, 0.15) is 0 Å². The first-order chi connectivity index (χ1) is 4.87. The van der Waals surface area contributed by atoms with Gasteiger partial charge < -0.3 is 9.16 Å². The van der Waals surface area contributed by atoms with Crippen LogP contribution >= 0.6 is 0 Å². The fraction of sp³-hybridized carbons (Fsp3) is 1.00. The molecule has 0 aromatic heterocycles. The summed E-state index contributed by atoms with van der Waals surface area (Å²) in [6.07, 6.45) is 0.411. The van der Waals surface area contributed by atoms with Crippen molar-refractivity contribution in [1.82, 2.24) is 0 Å². The van der Waals surface area contributed by atoms with Gasteiger partial charge in [-0.05, 0) is 33.5 Å². The van der Waals surface area contributed by atoms with E-state index in [9.17, 15) is 0 Å². The summed E-state index contributed by atoms with van der Waals surface area (Å²) in [5, 5.41) is 0. The summed E-state index contributed by atoms with van der Waals surface area (Å²) in [5.41, 5.74) is 0. The van der Waals surface area contributed by atoms with Gasteiger partial charge in [-0.15, -0.1) is 0 Å². The van der Waals surface area contributed by atoms with E-state index in [1.54, 1.807) is 7.11 Å². The molecule has 2 nitrogen and oxygen atoms in total. The van der Waals surface area contributed by atoms with E-state index in [2.05, 4.69) is 26.6 Å². The molecule has 0 N–H and O–H groups in total. The van der Waals surface area contributed by atoms with E-state index in [0.717, 1.165) is 0 Å². The third-order valence-corrected chi connectivity index (χ3v) is 2.65. The number of methoxy groups -OCH3 is 1. The molecule has 0 fully saturated rings. The van der Waals surface area contributed by atoms with Crippen LogP contribution < -0.4 is 0 Å². The second-order valence-corrected chi connectivity index (χ2v) is 8.34. The zero-order valence-electron chi connectivity index (χ0n) is 8.47. The molecule has 0 aliphatic rings. The van der Waals surface area contributed by atoms with Gasteiger partial charge in [-0.1, -0.05) is 0 Å². The predicted octanol–water partition coefficient (Wildman–Crippen LogP) is 2.26. The highest BCUT2D eigenvalue weighted by atomic mass is 28.4. The van der Waals surface area contributed by atoms with E-state index in [1.807, 2.05) is 6.92 Å². The molecule has 0 unspecified atom stereocenters. The van der Waals surface area contributed by atoms with E-state index in [0.29, 0.717) is 0 Å². The standard InChI is InChI=1S/C8H20O2Si/c1-7(9-3)8(2)10-11(4,5)6/h7-8H,1-6H3/t7-,8+/m1/s1. The van der Waals surface area contributed by atoms with Crippen LogP contribution in [0.2, 0.25) is 19.6 Å². The Labute approximate surface area is 71.0 Å². The van der Waals surface area contributed by atoms with E-state index in [-0.39, 0.29) is 12.2 Å². The lowest BCUT2D eigenvalue weighted by Crippen LogP contribution is -2.36. The Morgan fingerprint density at radius 3 is 1.73 bits per heavy atom. The zero-order valence-corrected chi connectivity index (χ0v) is 9.47. The summed E-state index contributed by atoms with van der Waals surface area (Å²) in [4.78, 5) is 0. The van der Waals surface area contributed by atoms with Gasteiger partial charge in [-0.2, -0.15) is 0 Å². The van der Waals surface area contributed by atoms with Crippen molar-refractivity contribution in [3.63, 3.8) is 0 Å². The quantitative estimate of drug-likeness (QED) is 0.612. The van der Waals surface area contributed by atoms with Crippen LogP contribution in [0.5, 0.6) is 0 Å². The van der Waals surface area contributed by atoms with E-state index >= 15 is 0 Å². The molecule has 0 aliphatic heterocycles. The smallest absolute Gasteiger partial charge is 0.184 e. The Balaban J connectivity index is 3.77. The molecule has 0 aromatic carbocycles. The average Bonchev–Trinajstić information content (AvgIpc) is 1.82. The van der Waals surface area contributed by atoms with Gasteiger partial charge in [0.25, 0.3) is 0 Å². The highest BCUT2D eigenvalue weighted by molar-refractivity contribution is 6.69. The molecule has 3 heteroatoms. The molecular weight excluding hydrogens is 156 g/mol. The highest BCUT2D eigenvalue weighted by Gasteiger charge is 2.21. The van der Waals surface area contributed by atoms with Crippen LogP contribution in [0.15, 0.2) is 0 Å². The van der Waals surface area contributed by atoms with Crippen molar-refractivity contribution in [1.29, 1.82) is 0 Å². The Kier molecular flexibility index (Phi) is 4.29. The van der Waals surface area contributed by atoms with E-state index in [1.165, 1.54) is 0 Å². The van der Waals surface area contributed by atoms with Gasteiger partial charge in [0.2, 0.25) is 0 Å². The van der Waals surface area contributed by atoms with Crippen LogP contribution in [-0.4, -0.2) is 27.6 Å². The fourth-order valence-electron chi connectivity index (χ4n) is 0.845. The Morgan fingerprint density at radius 2 is 1.45 bits per heavy atom. The summed E-state index contributed by atoms with van der Waals surface area (Å²) in [6, 6.07) is 0. The molecule has 0 rings (SSSR count).